The van der Waals surface area contributed by atoms with E-state index >= 15 is 0 Å². The van der Waals surface area contributed by atoms with Crippen molar-refractivity contribution < 1.29 is 0 Å². The fraction of sp³-hybridized carbons (Fsp3) is 0. The van der Waals surface area contributed by atoms with E-state index in [9.17, 15) is 0 Å². The van der Waals surface area contributed by atoms with Crippen LogP contribution in [0.4, 0.5) is 0 Å². The molecule has 0 amide bonds. The zero-order chi connectivity index (χ0) is 32.8. The van der Waals surface area contributed by atoms with Crippen LogP contribution >= 0.6 is 11.3 Å². The summed E-state index contributed by atoms with van der Waals surface area (Å²) in [6.45, 7) is 0. The smallest absolute Gasteiger partial charge is 0.160 e. The third-order valence-electron chi connectivity index (χ3n) is 10.2. The number of thiophene rings is 1. The molecule has 0 N–H and O–H groups in total. The normalized spacial score (nSPS) is 12.0. The molecule has 3 heterocycles. The lowest BCUT2D eigenvalue weighted by Gasteiger charge is -2.13. The summed E-state index contributed by atoms with van der Waals surface area (Å²) in [4.78, 5) is 10.4. The van der Waals surface area contributed by atoms with Gasteiger partial charge in [0.1, 0.15) is 0 Å². The molecule has 0 saturated heterocycles. The Kier molecular flexibility index (Phi) is 5.83. The van der Waals surface area contributed by atoms with Gasteiger partial charge in [-0.25, -0.2) is 9.97 Å². The summed E-state index contributed by atoms with van der Waals surface area (Å²) in [5, 5.41) is 8.92. The highest BCUT2D eigenvalue weighted by molar-refractivity contribution is 7.26. The fourth-order valence-corrected chi connectivity index (χ4v) is 9.14. The number of fused-ring (bicyclic) bond motifs is 6. The first kappa shape index (κ1) is 27.6. The number of rotatable bonds is 4. The van der Waals surface area contributed by atoms with Crippen molar-refractivity contribution in [2.24, 2.45) is 0 Å². The molecule has 0 aliphatic rings. The number of para-hydroxylation sites is 1. The summed E-state index contributed by atoms with van der Waals surface area (Å²) in [5.41, 5.74) is 10.1. The molecule has 0 spiro atoms. The van der Waals surface area contributed by atoms with Crippen LogP contribution in [0.5, 0.6) is 0 Å². The third kappa shape index (κ3) is 3.91. The summed E-state index contributed by atoms with van der Waals surface area (Å²) >= 11 is 1.78. The maximum Gasteiger partial charge on any atom is 0.160 e. The van der Waals surface area contributed by atoms with Gasteiger partial charge in [-0.2, -0.15) is 0 Å². The second-order valence-electron chi connectivity index (χ2n) is 12.9. The lowest BCUT2D eigenvalue weighted by atomic mass is 9.89. The van der Waals surface area contributed by atoms with Crippen molar-refractivity contribution in [3.63, 3.8) is 0 Å². The van der Waals surface area contributed by atoms with E-state index in [1.54, 1.807) is 11.3 Å². The number of hydrogen-bond donors (Lipinski definition) is 0. The molecule has 0 fully saturated rings. The van der Waals surface area contributed by atoms with E-state index in [2.05, 4.69) is 162 Å². The van der Waals surface area contributed by atoms with Crippen LogP contribution in [0.1, 0.15) is 0 Å². The molecule has 8 aromatic carbocycles. The van der Waals surface area contributed by atoms with Crippen molar-refractivity contribution >= 4 is 75.0 Å². The van der Waals surface area contributed by atoms with Gasteiger partial charge in [-0.15, -0.1) is 11.3 Å². The van der Waals surface area contributed by atoms with Crippen LogP contribution in [0.15, 0.2) is 164 Å². The van der Waals surface area contributed by atoms with Crippen LogP contribution in [0.3, 0.4) is 0 Å². The van der Waals surface area contributed by atoms with E-state index in [1.807, 2.05) is 6.07 Å². The van der Waals surface area contributed by atoms with Gasteiger partial charge < -0.3 is 4.57 Å². The van der Waals surface area contributed by atoms with E-state index in [0.717, 1.165) is 38.2 Å². The molecule has 0 aliphatic carbocycles. The maximum atomic E-state index is 5.27. The minimum atomic E-state index is 0.744. The van der Waals surface area contributed by atoms with Crippen molar-refractivity contribution in [3.05, 3.63) is 164 Å². The summed E-state index contributed by atoms with van der Waals surface area (Å²) in [5.74, 6) is 0.744. The van der Waals surface area contributed by atoms with Crippen molar-refractivity contribution in [1.82, 2.24) is 14.5 Å². The Bertz CT molecular complexity index is 3070. The second kappa shape index (κ2) is 10.6. The van der Waals surface area contributed by atoms with Gasteiger partial charge in [0.15, 0.2) is 5.82 Å². The van der Waals surface area contributed by atoms with Gasteiger partial charge in [0.05, 0.1) is 26.9 Å². The van der Waals surface area contributed by atoms with Crippen LogP contribution in [0.25, 0.3) is 103 Å². The molecule has 232 valence electrons. The average Bonchev–Trinajstić information content (AvgIpc) is 3.74. The summed E-state index contributed by atoms with van der Waals surface area (Å²) in [6.07, 6.45) is 0. The Morgan fingerprint density at radius 1 is 0.440 bits per heavy atom. The lowest BCUT2D eigenvalue weighted by Crippen LogP contribution is -1.93. The van der Waals surface area contributed by atoms with Crippen LogP contribution in [0.2, 0.25) is 0 Å². The molecule has 0 atom stereocenters. The Morgan fingerprint density at radius 3 is 1.90 bits per heavy atom. The molecule has 11 rings (SSSR count). The Balaban J connectivity index is 1.23. The minimum Gasteiger partial charge on any atom is -0.309 e. The quantitative estimate of drug-likeness (QED) is 0.177. The highest BCUT2D eigenvalue weighted by Crippen LogP contribution is 2.48. The van der Waals surface area contributed by atoms with Gasteiger partial charge in [-0.3, -0.25) is 0 Å². The number of nitrogens with zero attached hydrogens (tertiary/aromatic N) is 3. The molecule has 0 aliphatic heterocycles. The standard InChI is InChI=1S/C46H27N3S/c1-4-13-28(14-5-1)43-45-44(48-46(47-43)29-15-6-2-7-16-29)36-27-30(23-26-39(36)50-45)32-24-25-38-42-40(32)34-20-11-10-19-33(34)35-21-12-22-37(41(35)42)49(38)31-17-8-3-9-18-31/h1-27H. The monoisotopic (exact) mass is 653 g/mol. The van der Waals surface area contributed by atoms with Crippen LogP contribution in [-0.2, 0) is 0 Å². The first-order valence-electron chi connectivity index (χ1n) is 16.9. The van der Waals surface area contributed by atoms with Crippen molar-refractivity contribution in [1.29, 1.82) is 0 Å². The Labute approximate surface area is 291 Å². The SMILES string of the molecule is c1ccc(-c2nc(-c3ccccc3)c3sc4ccc(-c5ccc6c7c5c5ccccc5c5cccc(c57)n6-c5ccccc5)cc4c3n2)cc1. The first-order chi connectivity index (χ1) is 24.8. The van der Waals surface area contributed by atoms with E-state index in [4.69, 9.17) is 9.97 Å². The highest BCUT2D eigenvalue weighted by atomic mass is 32.1. The van der Waals surface area contributed by atoms with Crippen molar-refractivity contribution in [3.8, 4) is 39.5 Å². The molecular formula is C46H27N3S. The zero-order valence-corrected chi connectivity index (χ0v) is 27.7. The maximum absolute atomic E-state index is 5.27. The molecule has 3 aromatic heterocycles. The highest BCUT2D eigenvalue weighted by Gasteiger charge is 2.23. The number of aromatic nitrogens is 3. The van der Waals surface area contributed by atoms with E-state index < -0.39 is 0 Å². The van der Waals surface area contributed by atoms with Gasteiger partial charge in [0, 0.05) is 43.1 Å². The van der Waals surface area contributed by atoms with Crippen LogP contribution in [-0.4, -0.2) is 14.5 Å². The fourth-order valence-electron chi connectivity index (χ4n) is 8.01. The predicted octanol–water partition coefficient (Wildman–Crippen LogP) is 12.7. The Hall–Kier alpha value is -6.36. The minimum absolute atomic E-state index is 0.744. The van der Waals surface area contributed by atoms with E-state index in [-0.39, 0.29) is 0 Å². The van der Waals surface area contributed by atoms with Gasteiger partial charge >= 0.3 is 0 Å². The molecular weight excluding hydrogens is 627 g/mol. The van der Waals surface area contributed by atoms with Gasteiger partial charge in [0.25, 0.3) is 0 Å². The van der Waals surface area contributed by atoms with E-state index in [0.29, 0.717) is 0 Å². The molecule has 3 nitrogen and oxygen atoms in total. The molecule has 0 bridgehead atoms. The summed E-state index contributed by atoms with van der Waals surface area (Å²) < 4.78 is 4.75. The average molecular weight is 654 g/mol. The predicted molar refractivity (Wildman–Crippen MR) is 212 cm³/mol. The molecule has 4 heteroatoms. The third-order valence-corrected chi connectivity index (χ3v) is 11.3. The van der Waals surface area contributed by atoms with Gasteiger partial charge in [-0.1, -0.05) is 127 Å². The molecule has 11 aromatic rings. The second-order valence-corrected chi connectivity index (χ2v) is 14.0. The Morgan fingerprint density at radius 2 is 1.10 bits per heavy atom. The summed E-state index contributed by atoms with van der Waals surface area (Å²) in [6, 6.07) is 58.8. The van der Waals surface area contributed by atoms with Crippen molar-refractivity contribution in [2.45, 2.75) is 0 Å². The topological polar surface area (TPSA) is 30.7 Å². The molecule has 0 saturated carbocycles. The van der Waals surface area contributed by atoms with E-state index in [1.165, 1.54) is 64.9 Å². The number of benzene rings is 8. The summed E-state index contributed by atoms with van der Waals surface area (Å²) in [7, 11) is 0. The molecule has 0 unspecified atom stereocenters. The van der Waals surface area contributed by atoms with Gasteiger partial charge in [0.2, 0.25) is 0 Å². The lowest BCUT2D eigenvalue weighted by molar-refractivity contribution is 1.18. The molecule has 0 radical (unpaired) electrons. The first-order valence-corrected chi connectivity index (χ1v) is 17.7. The van der Waals surface area contributed by atoms with Crippen LogP contribution in [0, 0.1) is 0 Å². The number of hydrogen-bond acceptors (Lipinski definition) is 3. The van der Waals surface area contributed by atoms with Crippen molar-refractivity contribution in [2.75, 3.05) is 0 Å². The van der Waals surface area contributed by atoms with Gasteiger partial charge in [-0.05, 0) is 63.7 Å². The largest absolute Gasteiger partial charge is 0.309 e. The molecule has 50 heavy (non-hydrogen) atoms. The zero-order valence-electron chi connectivity index (χ0n) is 26.8. The van der Waals surface area contributed by atoms with Crippen LogP contribution < -0.4 is 0 Å².